The zero-order chi connectivity index (χ0) is 14.6. The van der Waals surface area contributed by atoms with Crippen LogP contribution in [0.25, 0.3) is 0 Å². The van der Waals surface area contributed by atoms with E-state index in [1.807, 2.05) is 26.8 Å². The van der Waals surface area contributed by atoms with Crippen molar-refractivity contribution in [2.75, 3.05) is 6.54 Å². The summed E-state index contributed by atoms with van der Waals surface area (Å²) < 4.78 is 36.8. The highest BCUT2D eigenvalue weighted by molar-refractivity contribution is 5.98. The maximum Gasteiger partial charge on any atom is 0.406 e. The van der Waals surface area contributed by atoms with E-state index in [1.165, 1.54) is 0 Å². The number of rotatable bonds is 2. The maximum absolute atomic E-state index is 12.3. The van der Waals surface area contributed by atoms with Crippen molar-refractivity contribution in [3.05, 3.63) is 34.9 Å². The van der Waals surface area contributed by atoms with Gasteiger partial charge in [-0.25, -0.2) is 0 Å². The van der Waals surface area contributed by atoms with E-state index in [4.69, 9.17) is 0 Å². The second-order valence-electron chi connectivity index (χ2n) is 4.12. The van der Waals surface area contributed by atoms with E-state index in [9.17, 15) is 18.0 Å². The van der Waals surface area contributed by atoms with E-state index in [2.05, 4.69) is 0 Å². The monoisotopic (exact) mass is 273 g/mol. The Hall–Kier alpha value is -1.52. The molecule has 2 nitrogen and oxygen atoms in total. The molecule has 0 radical (unpaired) electrons. The standard InChI is InChI=1S/C12H12F3NO.C2H6/c1-2-8-3-4-9-6-16(7-12(13,14)15)11(17)10(9)5-8;1-2/h3-5H,2,6-7H2,1H3;1-2H3. The lowest BCUT2D eigenvalue weighted by Gasteiger charge is -2.17. The molecule has 0 spiro atoms. The minimum atomic E-state index is -4.34. The lowest BCUT2D eigenvalue weighted by molar-refractivity contribution is -0.140. The molecule has 106 valence electrons. The fraction of sp³-hybridized carbons (Fsp3) is 0.500. The van der Waals surface area contributed by atoms with Crippen LogP contribution in [-0.4, -0.2) is 23.5 Å². The van der Waals surface area contributed by atoms with Crippen molar-refractivity contribution in [3.63, 3.8) is 0 Å². The maximum atomic E-state index is 12.3. The van der Waals surface area contributed by atoms with Crippen molar-refractivity contribution in [2.45, 2.75) is 39.9 Å². The highest BCUT2D eigenvalue weighted by Crippen LogP contribution is 2.27. The summed E-state index contributed by atoms with van der Waals surface area (Å²) in [6, 6.07) is 5.28. The third-order valence-corrected chi connectivity index (χ3v) is 2.83. The SMILES string of the molecule is CC.CCc1ccc2c(c1)C(=O)N(CC(F)(F)F)C2. The second kappa shape index (κ2) is 6.08. The smallest absolute Gasteiger partial charge is 0.325 e. The number of alkyl halides is 3. The Balaban J connectivity index is 0.000000861. The molecule has 1 amide bonds. The molecule has 2 rings (SSSR count). The first kappa shape index (κ1) is 15.5. The number of fused-ring (bicyclic) bond motifs is 1. The number of hydrogen-bond donors (Lipinski definition) is 0. The first-order chi connectivity index (χ1) is 8.90. The number of carbonyl (C=O) groups is 1. The zero-order valence-electron chi connectivity index (χ0n) is 11.3. The van der Waals surface area contributed by atoms with E-state index in [-0.39, 0.29) is 6.54 Å². The summed E-state index contributed by atoms with van der Waals surface area (Å²) in [6.45, 7) is 4.81. The van der Waals surface area contributed by atoms with Gasteiger partial charge in [-0.15, -0.1) is 0 Å². The van der Waals surface area contributed by atoms with Crippen LogP contribution in [0.4, 0.5) is 13.2 Å². The van der Waals surface area contributed by atoms with Gasteiger partial charge in [0.15, 0.2) is 0 Å². The molecule has 0 bridgehead atoms. The van der Waals surface area contributed by atoms with Crippen molar-refractivity contribution < 1.29 is 18.0 Å². The second-order valence-corrected chi connectivity index (χ2v) is 4.12. The quantitative estimate of drug-likeness (QED) is 0.802. The van der Waals surface area contributed by atoms with Gasteiger partial charge in [0.25, 0.3) is 5.91 Å². The van der Waals surface area contributed by atoms with Gasteiger partial charge >= 0.3 is 6.18 Å². The Morgan fingerprint density at radius 2 is 1.89 bits per heavy atom. The molecule has 1 aromatic rings. The minimum absolute atomic E-state index is 0.0532. The summed E-state index contributed by atoms with van der Waals surface area (Å²) in [5, 5.41) is 0. The summed E-state index contributed by atoms with van der Waals surface area (Å²) >= 11 is 0. The van der Waals surface area contributed by atoms with Crippen LogP contribution in [0.15, 0.2) is 18.2 Å². The number of halogens is 3. The van der Waals surface area contributed by atoms with E-state index in [1.54, 1.807) is 12.1 Å². The van der Waals surface area contributed by atoms with Crippen LogP contribution < -0.4 is 0 Å². The fourth-order valence-electron chi connectivity index (χ4n) is 1.97. The molecule has 0 unspecified atom stereocenters. The number of carbonyl (C=O) groups excluding carboxylic acids is 1. The van der Waals surface area contributed by atoms with Gasteiger partial charge in [0.2, 0.25) is 0 Å². The Morgan fingerprint density at radius 3 is 2.42 bits per heavy atom. The van der Waals surface area contributed by atoms with E-state index < -0.39 is 18.6 Å². The Kier molecular flexibility index (Phi) is 4.97. The molecule has 1 aliphatic heterocycles. The van der Waals surface area contributed by atoms with Crippen LogP contribution in [-0.2, 0) is 13.0 Å². The summed E-state index contributed by atoms with van der Waals surface area (Å²) in [5.41, 5.74) is 2.05. The van der Waals surface area contributed by atoms with Crippen molar-refractivity contribution in [1.29, 1.82) is 0 Å². The fourth-order valence-corrected chi connectivity index (χ4v) is 1.97. The molecule has 1 heterocycles. The first-order valence-corrected chi connectivity index (χ1v) is 6.38. The zero-order valence-corrected chi connectivity index (χ0v) is 11.3. The predicted molar refractivity (Wildman–Crippen MR) is 68.0 cm³/mol. The Morgan fingerprint density at radius 1 is 1.26 bits per heavy atom. The molecule has 19 heavy (non-hydrogen) atoms. The summed E-state index contributed by atoms with van der Waals surface area (Å²) in [5.74, 6) is -0.521. The minimum Gasteiger partial charge on any atom is -0.325 e. The molecule has 5 heteroatoms. The van der Waals surface area contributed by atoms with Crippen molar-refractivity contribution >= 4 is 5.91 Å². The average molecular weight is 273 g/mol. The molecule has 0 atom stereocenters. The molecule has 1 aromatic carbocycles. The van der Waals surface area contributed by atoms with Crippen LogP contribution in [0.5, 0.6) is 0 Å². The molecule has 0 aliphatic carbocycles. The highest BCUT2D eigenvalue weighted by Gasteiger charge is 2.37. The van der Waals surface area contributed by atoms with Crippen molar-refractivity contribution in [1.82, 2.24) is 4.90 Å². The van der Waals surface area contributed by atoms with Crippen LogP contribution in [0, 0.1) is 0 Å². The first-order valence-electron chi connectivity index (χ1n) is 6.38. The van der Waals surface area contributed by atoms with E-state index >= 15 is 0 Å². The molecule has 0 saturated heterocycles. The van der Waals surface area contributed by atoms with Gasteiger partial charge in [0.05, 0.1) is 0 Å². The summed E-state index contributed by atoms with van der Waals surface area (Å²) in [4.78, 5) is 12.6. The van der Waals surface area contributed by atoms with Gasteiger partial charge in [0.1, 0.15) is 6.54 Å². The van der Waals surface area contributed by atoms with E-state index in [0.29, 0.717) is 11.1 Å². The number of benzene rings is 1. The van der Waals surface area contributed by atoms with Crippen LogP contribution in [0.3, 0.4) is 0 Å². The third-order valence-electron chi connectivity index (χ3n) is 2.83. The molecule has 0 saturated carbocycles. The molecule has 0 aromatic heterocycles. The molecular weight excluding hydrogens is 255 g/mol. The Labute approximate surface area is 111 Å². The third kappa shape index (κ3) is 3.72. The summed E-state index contributed by atoms with van der Waals surface area (Å²) in [7, 11) is 0. The molecule has 1 aliphatic rings. The van der Waals surface area contributed by atoms with Crippen LogP contribution in [0.2, 0.25) is 0 Å². The van der Waals surface area contributed by atoms with Gasteiger partial charge in [-0.2, -0.15) is 13.2 Å². The van der Waals surface area contributed by atoms with Crippen LogP contribution in [0.1, 0.15) is 42.3 Å². The van der Waals surface area contributed by atoms with Gasteiger partial charge < -0.3 is 4.90 Å². The highest BCUT2D eigenvalue weighted by atomic mass is 19.4. The average Bonchev–Trinajstić information content (AvgIpc) is 2.66. The predicted octanol–water partition coefficient (Wildman–Crippen LogP) is 3.79. The molecular formula is C14H18F3NO. The number of nitrogens with zero attached hydrogens (tertiary/aromatic N) is 1. The van der Waals surface area contributed by atoms with Crippen molar-refractivity contribution in [3.8, 4) is 0 Å². The lowest BCUT2D eigenvalue weighted by atomic mass is 10.0. The number of aryl methyl sites for hydroxylation is 1. The van der Waals surface area contributed by atoms with Crippen LogP contribution >= 0.6 is 0 Å². The topological polar surface area (TPSA) is 20.3 Å². The van der Waals surface area contributed by atoms with E-state index in [0.717, 1.165) is 16.9 Å². The lowest BCUT2D eigenvalue weighted by Crippen LogP contribution is -2.34. The van der Waals surface area contributed by atoms with Gasteiger partial charge in [-0.1, -0.05) is 32.9 Å². The normalized spacial score (nSPS) is 14.0. The number of amides is 1. The molecule has 0 N–H and O–H groups in total. The van der Waals surface area contributed by atoms with Gasteiger partial charge in [-0.3, -0.25) is 4.79 Å². The molecule has 0 fully saturated rings. The van der Waals surface area contributed by atoms with Gasteiger partial charge in [-0.05, 0) is 23.6 Å². The van der Waals surface area contributed by atoms with Gasteiger partial charge in [0, 0.05) is 12.1 Å². The summed E-state index contributed by atoms with van der Waals surface area (Å²) in [6.07, 6.45) is -3.58. The van der Waals surface area contributed by atoms with Crippen molar-refractivity contribution in [2.24, 2.45) is 0 Å². The Bertz CT molecular complexity index is 454. The number of hydrogen-bond acceptors (Lipinski definition) is 1. The largest absolute Gasteiger partial charge is 0.406 e.